The van der Waals surface area contributed by atoms with Gasteiger partial charge in [0, 0.05) is 0 Å². The molecule has 1 heterocycles. The Morgan fingerprint density at radius 1 is 0.943 bits per heavy atom. The number of epoxide rings is 1. The molecule has 1 saturated heterocycles. The molecule has 1 N–H and O–H groups in total. The third kappa shape index (κ3) is 11.4. The molecule has 0 spiro atoms. The molecule has 1 aliphatic rings. The van der Waals surface area contributed by atoms with Gasteiger partial charge in [-0.3, -0.25) is 14.4 Å². The molecule has 1 aromatic carbocycles. The predicted molar refractivity (Wildman–Crippen MR) is 130 cm³/mol. The predicted octanol–water partition coefficient (Wildman–Crippen LogP) is 3.61. The molecule has 196 valence electrons. The van der Waals surface area contributed by atoms with Crippen LogP contribution in [0.3, 0.4) is 0 Å². The van der Waals surface area contributed by atoms with E-state index in [1.165, 1.54) is 7.11 Å². The molecule has 0 aromatic heterocycles. The van der Waals surface area contributed by atoms with E-state index in [2.05, 4.69) is 10.1 Å². The van der Waals surface area contributed by atoms with Crippen molar-refractivity contribution in [3.8, 4) is 11.5 Å². The maximum Gasteiger partial charge on any atom is 0.344 e. The van der Waals surface area contributed by atoms with E-state index in [0.29, 0.717) is 32.4 Å². The molecule has 2 rings (SSSR count). The molecule has 0 saturated carbocycles. The number of carbonyl (C=O) groups excluding carboxylic acids is 4. The maximum absolute atomic E-state index is 12.5. The van der Waals surface area contributed by atoms with E-state index in [4.69, 9.17) is 14.2 Å². The van der Waals surface area contributed by atoms with E-state index in [1.807, 2.05) is 34.6 Å². The Bertz CT molecular complexity index is 848. The highest BCUT2D eigenvalue weighted by Crippen LogP contribution is 2.31. The first-order chi connectivity index (χ1) is 16.7. The van der Waals surface area contributed by atoms with Gasteiger partial charge in [0.15, 0.2) is 18.1 Å². The van der Waals surface area contributed by atoms with Crippen molar-refractivity contribution in [3.05, 3.63) is 23.8 Å². The minimum Gasteiger partial charge on any atom is -0.468 e. The Morgan fingerprint density at radius 2 is 1.46 bits per heavy atom. The third-order valence-electron chi connectivity index (χ3n) is 5.32. The quantitative estimate of drug-likeness (QED) is 0.249. The van der Waals surface area contributed by atoms with Crippen molar-refractivity contribution < 1.29 is 38.1 Å². The lowest BCUT2D eigenvalue weighted by molar-refractivity contribution is -0.143. The second kappa shape index (κ2) is 15.9. The fraction of sp³-hybridized carbons (Fsp3) is 0.615. The molecule has 1 aliphatic heterocycles. The number of hydrogen-bond acceptors (Lipinski definition) is 9. The number of ether oxygens (including phenoxy) is 4. The van der Waals surface area contributed by atoms with Crippen molar-refractivity contribution in [1.82, 2.24) is 5.32 Å². The van der Waals surface area contributed by atoms with Crippen LogP contribution < -0.4 is 14.8 Å². The lowest BCUT2D eigenvalue weighted by atomic mass is 10.0. The number of hydrogen-bond donors (Lipinski definition) is 1. The van der Waals surface area contributed by atoms with Gasteiger partial charge in [-0.2, -0.15) is 0 Å². The van der Waals surface area contributed by atoms with Gasteiger partial charge >= 0.3 is 23.9 Å². The maximum atomic E-state index is 12.5. The third-order valence-corrected chi connectivity index (χ3v) is 5.32. The van der Waals surface area contributed by atoms with Gasteiger partial charge in [-0.05, 0) is 43.5 Å². The zero-order valence-electron chi connectivity index (χ0n) is 21.7. The van der Waals surface area contributed by atoms with Crippen LogP contribution in [0.1, 0.15) is 65.9 Å². The zero-order chi connectivity index (χ0) is 26.4. The Kier molecular flexibility index (Phi) is 13.6. The number of carbonyl (C=O) groups is 4. The summed E-state index contributed by atoms with van der Waals surface area (Å²) in [6, 6.07) is 4.49. The molecule has 1 fully saturated rings. The number of benzene rings is 1. The van der Waals surface area contributed by atoms with E-state index in [0.717, 1.165) is 18.4 Å². The first kappa shape index (κ1) is 30.1. The van der Waals surface area contributed by atoms with E-state index in [1.54, 1.807) is 18.2 Å². The smallest absolute Gasteiger partial charge is 0.344 e. The van der Waals surface area contributed by atoms with Crippen LogP contribution in [0.15, 0.2) is 18.2 Å². The topological polar surface area (TPSA) is 121 Å². The van der Waals surface area contributed by atoms with E-state index < -0.39 is 6.04 Å². The summed E-state index contributed by atoms with van der Waals surface area (Å²) in [6.45, 7) is 10.5. The molecular weight excluding hydrogens is 454 g/mol. The first-order valence-electron chi connectivity index (χ1n) is 12.2. The number of nitrogens with one attached hydrogen (secondary N) is 1. The van der Waals surface area contributed by atoms with Crippen LogP contribution in [-0.4, -0.2) is 50.2 Å². The molecule has 1 aromatic rings. The highest BCUT2D eigenvalue weighted by molar-refractivity contribution is 5.82. The Morgan fingerprint density at radius 3 is 1.89 bits per heavy atom. The highest BCUT2D eigenvalue weighted by atomic mass is 16.6. The van der Waals surface area contributed by atoms with Crippen LogP contribution in [-0.2, 0) is 35.1 Å². The monoisotopic (exact) mass is 493 g/mol. The lowest BCUT2D eigenvalue weighted by Crippen LogP contribution is -2.39. The fourth-order valence-electron chi connectivity index (χ4n) is 3.26. The van der Waals surface area contributed by atoms with E-state index in [9.17, 15) is 19.2 Å². The van der Waals surface area contributed by atoms with Gasteiger partial charge in [0.2, 0.25) is 0 Å². The summed E-state index contributed by atoms with van der Waals surface area (Å²) in [5.41, 5.74) is 0.753. The summed E-state index contributed by atoms with van der Waals surface area (Å²) >= 11 is 0. The molecule has 35 heavy (non-hydrogen) atoms. The van der Waals surface area contributed by atoms with Crippen molar-refractivity contribution in [2.24, 2.45) is 11.8 Å². The molecule has 0 radical (unpaired) electrons. The van der Waals surface area contributed by atoms with Crippen LogP contribution in [0.25, 0.3) is 0 Å². The van der Waals surface area contributed by atoms with Gasteiger partial charge in [-0.15, -0.1) is 0 Å². The van der Waals surface area contributed by atoms with E-state index in [-0.39, 0.29) is 47.2 Å². The first-order valence-corrected chi connectivity index (χ1v) is 12.2. The molecule has 2 unspecified atom stereocenters. The summed E-state index contributed by atoms with van der Waals surface area (Å²) in [4.78, 5) is 46.3. The van der Waals surface area contributed by atoms with E-state index >= 15 is 0 Å². The van der Waals surface area contributed by atoms with Gasteiger partial charge < -0.3 is 24.3 Å². The van der Waals surface area contributed by atoms with Gasteiger partial charge in [0.05, 0.1) is 18.9 Å². The Labute approximate surface area is 207 Å². The normalized spacial score (nSPS) is 14.4. The highest BCUT2D eigenvalue weighted by Gasteiger charge is 2.23. The molecule has 0 amide bonds. The number of esters is 3. The average Bonchev–Trinajstić information content (AvgIpc) is 3.62. The van der Waals surface area contributed by atoms with Crippen LogP contribution >= 0.6 is 0 Å². The second-order valence-corrected chi connectivity index (χ2v) is 8.50. The summed E-state index contributed by atoms with van der Waals surface area (Å²) in [6.07, 6.45) is 3.48. The van der Waals surface area contributed by atoms with Gasteiger partial charge in [0.25, 0.3) is 0 Å². The van der Waals surface area contributed by atoms with Crippen LogP contribution in [0.2, 0.25) is 0 Å². The van der Waals surface area contributed by atoms with Crippen LogP contribution in [0.5, 0.6) is 11.5 Å². The van der Waals surface area contributed by atoms with Crippen molar-refractivity contribution in [2.75, 3.05) is 20.3 Å². The minimum atomic E-state index is -0.532. The fourth-order valence-corrected chi connectivity index (χ4v) is 3.26. The van der Waals surface area contributed by atoms with Crippen LogP contribution in [0.4, 0.5) is 0 Å². The standard InChI is InChI=1S/C24H37NO6.C2H2O2/c1-7-10-16(4)22(26)30-20-13-12-18(14-19(25-9-3)24(28)29-6)15-21(20)31-23(27)17(5)11-8-2;3-2-1-4-2/h12-13,15-17,19,25H,7-11,14H2,1-6H3;1H2/t16?,17?,19-;/m0./s1. The molecule has 3 atom stereocenters. The summed E-state index contributed by atoms with van der Waals surface area (Å²) in [5.74, 6) is -1.36. The number of cyclic esters (lactones) is 1. The molecule has 0 aliphatic carbocycles. The number of likely N-dealkylation sites (N-methyl/N-ethyl adjacent to an activating group) is 1. The number of rotatable bonds is 13. The minimum absolute atomic E-state index is 0.0833. The Balaban J connectivity index is 0.00000138. The summed E-state index contributed by atoms with van der Waals surface area (Å²) < 4.78 is 20.1. The number of methoxy groups -OCH3 is 1. The average molecular weight is 494 g/mol. The summed E-state index contributed by atoms with van der Waals surface area (Å²) in [7, 11) is 1.34. The largest absolute Gasteiger partial charge is 0.468 e. The second-order valence-electron chi connectivity index (χ2n) is 8.50. The molecule has 9 heteroatoms. The van der Waals surface area contributed by atoms with Gasteiger partial charge in [-0.25, -0.2) is 4.79 Å². The molecule has 9 nitrogen and oxygen atoms in total. The van der Waals surface area contributed by atoms with Crippen molar-refractivity contribution >= 4 is 23.9 Å². The molecular formula is C26H39NO8. The lowest BCUT2D eigenvalue weighted by Gasteiger charge is -2.18. The van der Waals surface area contributed by atoms with Crippen molar-refractivity contribution in [1.29, 1.82) is 0 Å². The van der Waals surface area contributed by atoms with Crippen molar-refractivity contribution in [3.63, 3.8) is 0 Å². The SMILES string of the molecule is CCCC(C)C(=O)Oc1ccc(C[C@H](NCC)C(=O)OC)cc1OC(=O)C(C)CCC.O=C1CO1. The van der Waals surface area contributed by atoms with Crippen LogP contribution in [0, 0.1) is 11.8 Å². The zero-order valence-corrected chi connectivity index (χ0v) is 21.7. The van der Waals surface area contributed by atoms with Crippen molar-refractivity contribution in [2.45, 2.75) is 72.8 Å². The summed E-state index contributed by atoms with van der Waals surface area (Å²) in [5, 5.41) is 3.09. The van der Waals surface area contributed by atoms with Gasteiger partial charge in [-0.1, -0.05) is 53.5 Å². The molecule has 0 bridgehead atoms. The Hall–Kier alpha value is -2.94. The van der Waals surface area contributed by atoms with Gasteiger partial charge in [0.1, 0.15) is 6.04 Å².